The molecule has 1 amide bonds. The van der Waals surface area contributed by atoms with Gasteiger partial charge in [0.25, 0.3) is 5.91 Å². The molecule has 0 saturated carbocycles. The molecule has 24 heavy (non-hydrogen) atoms. The second kappa shape index (κ2) is 6.82. The summed E-state index contributed by atoms with van der Waals surface area (Å²) in [4.78, 5) is 19.2. The molecular weight excluding hydrogens is 308 g/mol. The molecule has 3 rings (SSSR count). The Labute approximate surface area is 138 Å². The summed E-state index contributed by atoms with van der Waals surface area (Å²) in [5.74, 6) is -0.00287. The number of imidazole rings is 1. The van der Waals surface area contributed by atoms with Crippen LogP contribution in [0.25, 0.3) is 11.0 Å². The topological polar surface area (TPSA) is 99.6 Å². The second-order valence-corrected chi connectivity index (χ2v) is 4.96. The highest BCUT2D eigenvalue weighted by Crippen LogP contribution is 2.28. The number of aromatic hydroxyl groups is 1. The minimum absolute atomic E-state index is 0.0174. The number of para-hydroxylation sites is 1. The lowest BCUT2D eigenvalue weighted by molar-refractivity contribution is 0.0955. The molecule has 3 N–H and O–H groups in total. The summed E-state index contributed by atoms with van der Waals surface area (Å²) in [6.07, 6.45) is 2.93. The maximum Gasteiger partial charge on any atom is 0.271 e. The van der Waals surface area contributed by atoms with Crippen LogP contribution in [0.1, 0.15) is 22.8 Å². The fourth-order valence-corrected chi connectivity index (χ4v) is 2.22. The molecule has 0 atom stereocenters. The number of nitrogens with zero attached hydrogens (tertiary/aromatic N) is 2. The Morgan fingerprint density at radius 2 is 2.29 bits per heavy atom. The van der Waals surface area contributed by atoms with Gasteiger partial charge in [0.2, 0.25) is 0 Å². The average Bonchev–Trinajstić information content (AvgIpc) is 3.06. The normalized spacial score (nSPS) is 11.0. The number of carbonyl (C=O) groups is 1. The van der Waals surface area contributed by atoms with Gasteiger partial charge in [-0.3, -0.25) is 4.79 Å². The average molecular weight is 324 g/mol. The van der Waals surface area contributed by atoms with Gasteiger partial charge in [-0.25, -0.2) is 10.4 Å². The SMILES string of the molecule is CCOc1cccc(C=NNC(=O)c2ccc3nc[nH]c3c2)c1O. The molecular formula is C17H16N4O3. The Balaban J connectivity index is 1.71. The van der Waals surface area contributed by atoms with E-state index in [4.69, 9.17) is 4.74 Å². The number of phenolic OH excluding ortho intramolecular Hbond substituents is 1. The van der Waals surface area contributed by atoms with Crippen molar-refractivity contribution in [2.45, 2.75) is 6.92 Å². The summed E-state index contributed by atoms with van der Waals surface area (Å²) in [5.41, 5.74) is 4.89. The maximum atomic E-state index is 12.1. The van der Waals surface area contributed by atoms with Gasteiger partial charge < -0.3 is 14.8 Å². The van der Waals surface area contributed by atoms with Crippen LogP contribution in [0.4, 0.5) is 0 Å². The summed E-state index contributed by atoms with van der Waals surface area (Å²) in [5, 5.41) is 13.9. The molecule has 0 fully saturated rings. The molecule has 122 valence electrons. The van der Waals surface area contributed by atoms with Gasteiger partial charge >= 0.3 is 0 Å². The zero-order chi connectivity index (χ0) is 16.9. The van der Waals surface area contributed by atoms with Crippen LogP contribution in [0, 0.1) is 0 Å². The van der Waals surface area contributed by atoms with Crippen molar-refractivity contribution in [3.63, 3.8) is 0 Å². The van der Waals surface area contributed by atoms with Gasteiger partial charge in [0.05, 0.1) is 30.2 Å². The summed E-state index contributed by atoms with van der Waals surface area (Å²) in [6, 6.07) is 10.2. The van der Waals surface area contributed by atoms with Crippen molar-refractivity contribution < 1.29 is 14.6 Å². The van der Waals surface area contributed by atoms with E-state index in [2.05, 4.69) is 20.5 Å². The third kappa shape index (κ3) is 3.19. The van der Waals surface area contributed by atoms with Gasteiger partial charge in [0.1, 0.15) is 0 Å². The molecule has 1 heterocycles. The number of fused-ring (bicyclic) bond motifs is 1. The van der Waals surface area contributed by atoms with E-state index in [0.717, 1.165) is 11.0 Å². The van der Waals surface area contributed by atoms with E-state index in [1.54, 1.807) is 42.7 Å². The molecule has 0 spiro atoms. The molecule has 3 aromatic rings. The molecule has 2 aromatic carbocycles. The first-order valence-electron chi connectivity index (χ1n) is 7.40. The van der Waals surface area contributed by atoms with Crippen LogP contribution in [-0.2, 0) is 0 Å². The van der Waals surface area contributed by atoms with Crippen molar-refractivity contribution in [2.75, 3.05) is 6.61 Å². The zero-order valence-electron chi connectivity index (χ0n) is 13.0. The fourth-order valence-electron chi connectivity index (χ4n) is 2.22. The number of rotatable bonds is 5. The molecule has 0 aliphatic rings. The van der Waals surface area contributed by atoms with E-state index in [1.807, 2.05) is 6.92 Å². The van der Waals surface area contributed by atoms with Crippen molar-refractivity contribution in [3.8, 4) is 11.5 Å². The number of ether oxygens (including phenoxy) is 1. The van der Waals surface area contributed by atoms with Crippen molar-refractivity contribution in [3.05, 3.63) is 53.9 Å². The van der Waals surface area contributed by atoms with Gasteiger partial charge in [-0.2, -0.15) is 5.10 Å². The van der Waals surface area contributed by atoms with E-state index in [1.165, 1.54) is 6.21 Å². The minimum atomic E-state index is -0.358. The number of aromatic amines is 1. The number of carbonyl (C=O) groups excluding carboxylic acids is 1. The largest absolute Gasteiger partial charge is 0.504 e. The van der Waals surface area contributed by atoms with Crippen molar-refractivity contribution >= 4 is 23.2 Å². The molecule has 0 radical (unpaired) electrons. The highest BCUT2D eigenvalue weighted by atomic mass is 16.5. The lowest BCUT2D eigenvalue weighted by Gasteiger charge is -2.07. The minimum Gasteiger partial charge on any atom is -0.504 e. The third-order valence-corrected chi connectivity index (χ3v) is 3.38. The number of hydrogen-bond acceptors (Lipinski definition) is 5. The lowest BCUT2D eigenvalue weighted by Crippen LogP contribution is -2.17. The van der Waals surface area contributed by atoms with E-state index in [9.17, 15) is 9.90 Å². The molecule has 0 aliphatic heterocycles. The number of nitrogens with one attached hydrogen (secondary N) is 2. The summed E-state index contributed by atoms with van der Waals surface area (Å²) >= 11 is 0. The summed E-state index contributed by atoms with van der Waals surface area (Å²) in [7, 11) is 0. The molecule has 0 unspecified atom stereocenters. The Kier molecular flexibility index (Phi) is 4.42. The number of benzene rings is 2. The second-order valence-electron chi connectivity index (χ2n) is 4.96. The van der Waals surface area contributed by atoms with Crippen molar-refractivity contribution in [1.29, 1.82) is 0 Å². The van der Waals surface area contributed by atoms with Gasteiger partial charge in [0, 0.05) is 11.1 Å². The monoisotopic (exact) mass is 324 g/mol. The third-order valence-electron chi connectivity index (χ3n) is 3.38. The molecule has 0 aliphatic carbocycles. The van der Waals surface area contributed by atoms with E-state index in [-0.39, 0.29) is 11.7 Å². The Morgan fingerprint density at radius 1 is 1.42 bits per heavy atom. The number of H-pyrrole nitrogens is 1. The van der Waals surface area contributed by atoms with E-state index in [0.29, 0.717) is 23.5 Å². The molecule has 0 saturated heterocycles. The zero-order valence-corrected chi connectivity index (χ0v) is 13.0. The first-order chi connectivity index (χ1) is 11.7. The van der Waals surface area contributed by atoms with Crippen LogP contribution >= 0.6 is 0 Å². The van der Waals surface area contributed by atoms with E-state index < -0.39 is 0 Å². The number of aromatic nitrogens is 2. The first kappa shape index (κ1) is 15.5. The van der Waals surface area contributed by atoms with Gasteiger partial charge in [-0.05, 0) is 37.3 Å². The lowest BCUT2D eigenvalue weighted by atomic mass is 10.2. The van der Waals surface area contributed by atoms with Crippen LogP contribution in [-0.4, -0.2) is 33.8 Å². The highest BCUT2D eigenvalue weighted by molar-refractivity contribution is 5.97. The molecule has 0 bridgehead atoms. The standard InChI is InChI=1S/C17H16N4O3/c1-2-24-15-5-3-4-12(16(15)22)9-20-21-17(23)11-6-7-13-14(8-11)19-10-18-13/h3-10,22H,2H2,1H3,(H,18,19)(H,21,23). The van der Waals surface area contributed by atoms with Crippen LogP contribution in [0.15, 0.2) is 47.8 Å². The van der Waals surface area contributed by atoms with Gasteiger partial charge in [0.15, 0.2) is 11.5 Å². The van der Waals surface area contributed by atoms with Crippen molar-refractivity contribution in [1.82, 2.24) is 15.4 Å². The number of amides is 1. The van der Waals surface area contributed by atoms with Gasteiger partial charge in [-0.1, -0.05) is 6.07 Å². The Morgan fingerprint density at radius 3 is 3.12 bits per heavy atom. The predicted molar refractivity (Wildman–Crippen MR) is 90.4 cm³/mol. The summed E-state index contributed by atoms with van der Waals surface area (Å²) < 4.78 is 5.30. The van der Waals surface area contributed by atoms with Crippen LogP contribution < -0.4 is 10.2 Å². The van der Waals surface area contributed by atoms with Crippen molar-refractivity contribution in [2.24, 2.45) is 5.10 Å². The number of hydrogen-bond donors (Lipinski definition) is 3. The maximum absolute atomic E-state index is 12.1. The first-order valence-corrected chi connectivity index (χ1v) is 7.40. The molecule has 7 nitrogen and oxygen atoms in total. The Bertz CT molecular complexity index is 902. The van der Waals surface area contributed by atoms with Crippen LogP contribution in [0.5, 0.6) is 11.5 Å². The van der Waals surface area contributed by atoms with E-state index >= 15 is 0 Å². The summed E-state index contributed by atoms with van der Waals surface area (Å²) in [6.45, 7) is 2.28. The van der Waals surface area contributed by atoms with Crippen LogP contribution in [0.2, 0.25) is 0 Å². The smallest absolute Gasteiger partial charge is 0.271 e. The van der Waals surface area contributed by atoms with Crippen LogP contribution in [0.3, 0.4) is 0 Å². The molecule has 1 aromatic heterocycles. The number of hydrazone groups is 1. The van der Waals surface area contributed by atoms with Gasteiger partial charge in [-0.15, -0.1) is 0 Å². The molecule has 7 heteroatoms. The fraction of sp³-hybridized carbons (Fsp3) is 0.118. The Hall–Kier alpha value is -3.35. The predicted octanol–water partition coefficient (Wildman–Crippen LogP) is 2.43. The highest BCUT2D eigenvalue weighted by Gasteiger charge is 2.08. The quantitative estimate of drug-likeness (QED) is 0.496. The number of phenols is 1.